The van der Waals surface area contributed by atoms with Gasteiger partial charge in [-0.05, 0) is 22.1 Å². The first kappa shape index (κ1) is 39.5. The first-order chi connectivity index (χ1) is 14.1. The van der Waals surface area contributed by atoms with Crippen molar-refractivity contribution in [3.63, 3.8) is 0 Å². The molecule has 2 aromatic carbocycles. The normalized spacial score (nSPS) is 14.2. The molecule has 34 heavy (non-hydrogen) atoms. The summed E-state index contributed by atoms with van der Waals surface area (Å²) in [6.45, 7) is 14.2. The molecule has 0 spiro atoms. The van der Waals surface area contributed by atoms with E-state index in [1.807, 2.05) is 57.2 Å². The van der Waals surface area contributed by atoms with Crippen molar-refractivity contribution >= 4 is 23.1 Å². The van der Waals surface area contributed by atoms with Gasteiger partial charge in [-0.2, -0.15) is 11.1 Å². The fourth-order valence-corrected chi connectivity index (χ4v) is 2.62. The molecule has 2 aromatic rings. The molecule has 1 aliphatic carbocycles. The first-order valence-electron chi connectivity index (χ1n) is 10.6. The summed E-state index contributed by atoms with van der Waals surface area (Å²) < 4.78 is 0. The molecule has 0 aromatic heterocycles. The standard InChI is InChI=1S/C16H14.C9H13.C4H10N.2CH3.H4Si.Ti/c1-3-9-15(10-4-1)13-7-8-14-16-11-5-2-6-12-16;1-6-5-7(2)9(4)8(6)3;1-4(2,3)5;;;;/h1-14H;6H,1-4H3;5H,1-3H3;2*1H3;1H4;/q;4*-1;;+4. The Balaban J connectivity index is -0.000000216. The van der Waals surface area contributed by atoms with Crippen LogP contribution >= 0.6 is 0 Å². The maximum absolute atomic E-state index is 6.94. The zero-order valence-electron chi connectivity index (χ0n) is 22.2. The Morgan fingerprint density at radius 1 is 0.765 bits per heavy atom. The minimum absolute atomic E-state index is 0. The van der Waals surface area contributed by atoms with Crippen LogP contribution in [0.4, 0.5) is 0 Å². The molecule has 0 radical (unpaired) electrons. The Bertz CT molecular complexity index is 819. The van der Waals surface area contributed by atoms with E-state index in [1.165, 1.54) is 27.8 Å². The quantitative estimate of drug-likeness (QED) is 0.225. The van der Waals surface area contributed by atoms with Crippen LogP contribution in [0, 0.1) is 26.8 Å². The molecule has 0 amide bonds. The van der Waals surface area contributed by atoms with Gasteiger partial charge in [0.2, 0.25) is 0 Å². The minimum atomic E-state index is -0.250. The molecule has 3 rings (SSSR count). The summed E-state index contributed by atoms with van der Waals surface area (Å²) >= 11 is 0. The molecule has 1 unspecified atom stereocenters. The van der Waals surface area contributed by atoms with Crippen molar-refractivity contribution in [1.82, 2.24) is 0 Å². The molecule has 184 valence electrons. The molecule has 0 saturated carbocycles. The summed E-state index contributed by atoms with van der Waals surface area (Å²) in [6.07, 6.45) is 11.7. The van der Waals surface area contributed by atoms with Gasteiger partial charge in [0.15, 0.2) is 0 Å². The van der Waals surface area contributed by atoms with Gasteiger partial charge in [-0.15, -0.1) is 12.5 Å². The van der Waals surface area contributed by atoms with Crippen molar-refractivity contribution in [2.24, 2.45) is 5.92 Å². The van der Waals surface area contributed by atoms with Gasteiger partial charge >= 0.3 is 21.7 Å². The second-order valence-corrected chi connectivity index (χ2v) is 8.59. The van der Waals surface area contributed by atoms with Crippen molar-refractivity contribution < 1.29 is 21.7 Å². The van der Waals surface area contributed by atoms with E-state index >= 15 is 0 Å². The Kier molecular flexibility index (Phi) is 24.0. The molecular weight excluding hydrogens is 462 g/mol. The van der Waals surface area contributed by atoms with E-state index in [0.717, 1.165) is 0 Å². The van der Waals surface area contributed by atoms with Crippen LogP contribution in [0.25, 0.3) is 17.9 Å². The summed E-state index contributed by atoms with van der Waals surface area (Å²) in [7, 11) is 0. The molecule has 1 aliphatic rings. The zero-order valence-corrected chi connectivity index (χ0v) is 23.7. The van der Waals surface area contributed by atoms with Crippen LogP contribution in [-0.2, 0) is 21.7 Å². The van der Waals surface area contributed by atoms with Gasteiger partial charge in [-0.1, -0.05) is 132 Å². The molecule has 1 nitrogen and oxygen atoms in total. The van der Waals surface area contributed by atoms with Crippen molar-refractivity contribution in [3.8, 4) is 0 Å². The van der Waals surface area contributed by atoms with Crippen LogP contribution in [0.3, 0.4) is 0 Å². The molecular formula is C31H47NSiTi. The molecule has 1 N–H and O–H groups in total. The Labute approximate surface area is 231 Å². The molecule has 0 aliphatic heterocycles. The summed E-state index contributed by atoms with van der Waals surface area (Å²) in [5.74, 6) is 0.560. The molecule has 0 heterocycles. The summed E-state index contributed by atoms with van der Waals surface area (Å²) in [4.78, 5) is 0. The fraction of sp³-hybridized carbons (Fsp3) is 0.290. The summed E-state index contributed by atoms with van der Waals surface area (Å²) in [5, 5.41) is 0. The van der Waals surface area contributed by atoms with E-state index in [4.69, 9.17) is 5.73 Å². The average Bonchev–Trinajstić information content (AvgIpc) is 2.92. The number of nitrogens with one attached hydrogen (secondary N) is 1. The zero-order chi connectivity index (χ0) is 22.6. The SMILES string of the molecule is C(C=Cc1ccccc1)=Cc1ccccc1.CC(C)(C)[NH-].CC1=[C-]C(C)C(C)=C1C.[CH3-].[CH3-].[SiH4].[Ti+4]. The smallest absolute Gasteiger partial charge is 0.673 e. The van der Waals surface area contributed by atoms with E-state index in [2.05, 4.69) is 82.3 Å². The third-order valence-corrected chi connectivity index (χ3v) is 4.52. The summed E-state index contributed by atoms with van der Waals surface area (Å²) in [6, 6.07) is 20.6. The molecule has 0 saturated heterocycles. The molecule has 0 bridgehead atoms. The van der Waals surface area contributed by atoms with Gasteiger partial charge in [-0.25, -0.2) is 5.57 Å². The maximum atomic E-state index is 6.94. The van der Waals surface area contributed by atoms with Crippen molar-refractivity contribution in [1.29, 1.82) is 0 Å². The second-order valence-electron chi connectivity index (χ2n) is 8.59. The first-order valence-corrected chi connectivity index (χ1v) is 10.6. The van der Waals surface area contributed by atoms with Gasteiger partial charge in [-0.3, -0.25) is 6.08 Å². The Morgan fingerprint density at radius 2 is 1.09 bits per heavy atom. The van der Waals surface area contributed by atoms with E-state index in [9.17, 15) is 0 Å². The average molecular weight is 510 g/mol. The van der Waals surface area contributed by atoms with Gasteiger partial charge < -0.3 is 20.6 Å². The Hall–Kier alpha value is -1.71. The molecule has 0 fully saturated rings. The fourth-order valence-electron chi connectivity index (χ4n) is 2.62. The van der Waals surface area contributed by atoms with Crippen LogP contribution in [0.2, 0.25) is 0 Å². The second kappa shape index (κ2) is 20.6. The molecule has 1 atom stereocenters. The van der Waals surface area contributed by atoms with Gasteiger partial charge in [0.1, 0.15) is 0 Å². The molecule has 3 heteroatoms. The predicted octanol–water partition coefficient (Wildman–Crippen LogP) is 8.42. The van der Waals surface area contributed by atoms with Gasteiger partial charge in [0, 0.05) is 0 Å². The maximum Gasteiger partial charge on any atom is 4.00 e. The monoisotopic (exact) mass is 509 g/mol. The van der Waals surface area contributed by atoms with Gasteiger partial charge in [0.05, 0.1) is 0 Å². The Morgan fingerprint density at radius 3 is 1.29 bits per heavy atom. The van der Waals surface area contributed by atoms with Crippen molar-refractivity contribution in [2.75, 3.05) is 0 Å². The number of hydrogen-bond acceptors (Lipinski definition) is 0. The number of rotatable bonds is 3. The van der Waals surface area contributed by atoms with E-state index in [-0.39, 0.29) is 53.1 Å². The number of hydrogen-bond donors (Lipinski definition) is 0. The van der Waals surface area contributed by atoms with E-state index in [1.54, 1.807) is 0 Å². The van der Waals surface area contributed by atoms with Crippen LogP contribution in [0.15, 0.2) is 89.5 Å². The van der Waals surface area contributed by atoms with Crippen LogP contribution in [-0.4, -0.2) is 16.5 Å². The number of allylic oxidation sites excluding steroid dienone is 6. The van der Waals surface area contributed by atoms with Crippen LogP contribution < -0.4 is 0 Å². The third kappa shape index (κ3) is 18.7. The van der Waals surface area contributed by atoms with E-state index in [0.29, 0.717) is 5.92 Å². The predicted molar refractivity (Wildman–Crippen MR) is 159 cm³/mol. The van der Waals surface area contributed by atoms with Crippen LogP contribution in [0.1, 0.15) is 59.6 Å². The van der Waals surface area contributed by atoms with Crippen LogP contribution in [0.5, 0.6) is 0 Å². The third-order valence-electron chi connectivity index (χ3n) is 4.52. The number of benzene rings is 2. The largest absolute Gasteiger partial charge is 4.00 e. The van der Waals surface area contributed by atoms with Crippen molar-refractivity contribution in [3.05, 3.63) is 127 Å². The van der Waals surface area contributed by atoms with Gasteiger partial charge in [0.25, 0.3) is 0 Å². The topological polar surface area (TPSA) is 23.8 Å². The summed E-state index contributed by atoms with van der Waals surface area (Å²) in [5.41, 5.74) is 13.4. The van der Waals surface area contributed by atoms with Crippen molar-refractivity contribution in [2.45, 2.75) is 54.0 Å². The van der Waals surface area contributed by atoms with E-state index < -0.39 is 0 Å². The minimum Gasteiger partial charge on any atom is -0.673 e.